The molecule has 138 valence electrons. The van der Waals surface area contributed by atoms with Crippen LogP contribution in [-0.4, -0.2) is 50.1 Å². The Labute approximate surface area is 146 Å². The average molecular weight is 371 g/mol. The van der Waals surface area contributed by atoms with Gasteiger partial charge in [0.1, 0.15) is 18.4 Å². The molecule has 1 aromatic carbocycles. The van der Waals surface area contributed by atoms with Gasteiger partial charge in [-0.2, -0.15) is 0 Å². The van der Waals surface area contributed by atoms with Crippen molar-refractivity contribution in [2.75, 3.05) is 21.3 Å². The van der Waals surface area contributed by atoms with Crippen LogP contribution in [0.2, 0.25) is 0 Å². The van der Waals surface area contributed by atoms with Gasteiger partial charge in [-0.25, -0.2) is 9.59 Å². The van der Waals surface area contributed by atoms with Crippen molar-refractivity contribution in [3.63, 3.8) is 0 Å². The van der Waals surface area contributed by atoms with Gasteiger partial charge in [0.15, 0.2) is 0 Å². The van der Waals surface area contributed by atoms with E-state index >= 15 is 0 Å². The molecule has 1 aromatic rings. The lowest BCUT2D eigenvalue weighted by Crippen LogP contribution is -2.45. The summed E-state index contributed by atoms with van der Waals surface area (Å²) in [4.78, 5) is 25.7. The summed E-state index contributed by atoms with van der Waals surface area (Å²) >= 11 is 0. The van der Waals surface area contributed by atoms with Crippen LogP contribution in [0.4, 0.5) is 4.79 Å². The second-order valence-corrected chi connectivity index (χ2v) is 7.86. The molecule has 8 nitrogen and oxygen atoms in total. The lowest BCUT2D eigenvalue weighted by Gasteiger charge is -2.31. The molecule has 0 aliphatic carbocycles. The van der Waals surface area contributed by atoms with E-state index in [-0.39, 0.29) is 19.4 Å². The number of benzene rings is 1. The fourth-order valence-electron chi connectivity index (χ4n) is 2.83. The topological polar surface area (TPSA) is 91.4 Å². The van der Waals surface area contributed by atoms with Gasteiger partial charge in [-0.05, 0) is 18.4 Å². The smallest absolute Gasteiger partial charge is 0.411 e. The largest absolute Gasteiger partial charge is 0.467 e. The molecule has 0 aromatic heterocycles. The van der Waals surface area contributed by atoms with Gasteiger partial charge in [-0.3, -0.25) is 9.46 Å². The Morgan fingerprint density at radius 2 is 1.76 bits per heavy atom. The Hall–Kier alpha value is -1.89. The van der Waals surface area contributed by atoms with Crippen molar-refractivity contribution in [2.45, 2.75) is 31.3 Å². The van der Waals surface area contributed by atoms with Crippen molar-refractivity contribution in [3.05, 3.63) is 35.9 Å². The van der Waals surface area contributed by atoms with Crippen molar-refractivity contribution in [2.24, 2.45) is 0 Å². The normalized spacial score (nSPS) is 20.4. The first-order valence-corrected chi connectivity index (χ1v) is 9.36. The molecule has 1 fully saturated rings. The second kappa shape index (κ2) is 8.47. The summed E-state index contributed by atoms with van der Waals surface area (Å²) in [6.07, 6.45) is -0.204. The van der Waals surface area contributed by atoms with Crippen molar-refractivity contribution in [3.8, 4) is 0 Å². The maximum Gasteiger partial charge on any atom is 0.411 e. The highest BCUT2D eigenvalue weighted by Crippen LogP contribution is 2.57. The molecule has 0 saturated carbocycles. The number of likely N-dealkylation sites (tertiary alicyclic amines) is 1. The molecular formula is C16H22NO7P. The third-order valence-electron chi connectivity index (χ3n) is 4.12. The van der Waals surface area contributed by atoms with Crippen molar-refractivity contribution in [1.29, 1.82) is 0 Å². The van der Waals surface area contributed by atoms with Gasteiger partial charge in [-0.15, -0.1) is 0 Å². The zero-order chi connectivity index (χ0) is 18.4. The molecular weight excluding hydrogens is 349 g/mol. The highest BCUT2D eigenvalue weighted by atomic mass is 31.2. The van der Waals surface area contributed by atoms with Crippen LogP contribution >= 0.6 is 7.60 Å². The molecule has 1 unspecified atom stereocenters. The third-order valence-corrected chi connectivity index (χ3v) is 6.37. The number of rotatable bonds is 6. The number of amides is 1. The maximum absolute atomic E-state index is 12.8. The van der Waals surface area contributed by atoms with E-state index < -0.39 is 31.5 Å². The molecule has 0 bridgehead atoms. The zero-order valence-corrected chi connectivity index (χ0v) is 15.3. The minimum absolute atomic E-state index is 0.0288. The fourth-order valence-corrected chi connectivity index (χ4v) is 4.49. The molecule has 25 heavy (non-hydrogen) atoms. The van der Waals surface area contributed by atoms with E-state index in [0.717, 1.165) is 10.5 Å². The van der Waals surface area contributed by atoms with Gasteiger partial charge < -0.3 is 18.5 Å². The van der Waals surface area contributed by atoms with E-state index in [2.05, 4.69) is 0 Å². The number of ether oxygens (including phenoxy) is 2. The number of carbonyl (C=O) groups excluding carboxylic acids is 2. The van der Waals surface area contributed by atoms with E-state index in [1.54, 1.807) is 0 Å². The van der Waals surface area contributed by atoms with Crippen LogP contribution in [0, 0.1) is 0 Å². The average Bonchev–Trinajstić information content (AvgIpc) is 3.11. The number of hydrogen-bond donors (Lipinski definition) is 0. The van der Waals surface area contributed by atoms with Crippen LogP contribution in [-0.2, 0) is 34.5 Å². The quantitative estimate of drug-likeness (QED) is 0.561. The van der Waals surface area contributed by atoms with E-state index in [1.165, 1.54) is 21.3 Å². The number of carbonyl (C=O) groups is 2. The summed E-state index contributed by atoms with van der Waals surface area (Å²) in [5.74, 6) is -1.51. The van der Waals surface area contributed by atoms with E-state index in [4.69, 9.17) is 18.5 Å². The number of methoxy groups -OCH3 is 1. The van der Waals surface area contributed by atoms with Crippen LogP contribution in [0.3, 0.4) is 0 Å². The predicted molar refractivity (Wildman–Crippen MR) is 88.9 cm³/mol. The van der Waals surface area contributed by atoms with Gasteiger partial charge in [0.2, 0.25) is 0 Å². The van der Waals surface area contributed by atoms with Gasteiger partial charge >= 0.3 is 19.7 Å². The molecule has 0 radical (unpaired) electrons. The number of nitrogens with zero attached hydrogens (tertiary/aromatic N) is 1. The molecule has 0 spiro atoms. The first kappa shape index (κ1) is 19.4. The number of hydrogen-bond acceptors (Lipinski definition) is 7. The second-order valence-electron chi connectivity index (χ2n) is 5.45. The van der Waals surface area contributed by atoms with Gasteiger partial charge in [0, 0.05) is 14.2 Å². The summed E-state index contributed by atoms with van der Waals surface area (Å²) in [6, 6.07) is 8.22. The maximum atomic E-state index is 12.8. The first-order chi connectivity index (χ1) is 12.0. The molecule has 2 rings (SSSR count). The molecule has 1 aliphatic heterocycles. The van der Waals surface area contributed by atoms with Gasteiger partial charge in [-0.1, -0.05) is 30.3 Å². The molecule has 1 heterocycles. The van der Waals surface area contributed by atoms with Crippen molar-refractivity contribution < 1.29 is 32.7 Å². The Balaban J connectivity index is 2.20. The lowest BCUT2D eigenvalue weighted by atomic mass is 10.2. The zero-order valence-electron chi connectivity index (χ0n) is 14.4. The highest BCUT2D eigenvalue weighted by Gasteiger charge is 2.51. The van der Waals surface area contributed by atoms with E-state index in [0.29, 0.717) is 0 Å². The standard InChI is InChI=1S/C16H22NO7P/c1-21-15(18)13-9-10-14(25(20,22-2)23-3)17(13)16(19)24-11-12-7-5-4-6-8-12/h4-8,13-14H,9-11H2,1-3H3/t13-,14?/m0/s1. The molecule has 9 heteroatoms. The summed E-state index contributed by atoms with van der Waals surface area (Å²) in [6.45, 7) is 0.0288. The Bertz CT molecular complexity index is 643. The SMILES string of the molecule is COC(=O)[C@@H]1CCC(P(=O)(OC)OC)N1C(=O)OCc1ccccc1. The summed E-state index contributed by atoms with van der Waals surface area (Å²) < 4.78 is 32.8. The van der Waals surface area contributed by atoms with E-state index in [1.807, 2.05) is 30.3 Å². The lowest BCUT2D eigenvalue weighted by molar-refractivity contribution is -0.145. The third kappa shape index (κ3) is 4.21. The van der Waals surface area contributed by atoms with Crippen LogP contribution in [0.1, 0.15) is 18.4 Å². The Morgan fingerprint density at radius 1 is 1.12 bits per heavy atom. The first-order valence-electron chi connectivity index (χ1n) is 7.75. The predicted octanol–water partition coefficient (Wildman–Crippen LogP) is 2.77. The van der Waals surface area contributed by atoms with Crippen LogP contribution < -0.4 is 0 Å². The summed E-state index contributed by atoms with van der Waals surface area (Å²) in [7, 11) is 0.105. The van der Waals surface area contributed by atoms with Gasteiger partial charge in [0.05, 0.1) is 7.11 Å². The minimum Gasteiger partial charge on any atom is -0.467 e. The molecule has 1 saturated heterocycles. The molecule has 2 atom stereocenters. The van der Waals surface area contributed by atoms with Crippen molar-refractivity contribution >= 4 is 19.7 Å². The van der Waals surface area contributed by atoms with E-state index in [9.17, 15) is 14.2 Å². The monoisotopic (exact) mass is 371 g/mol. The summed E-state index contributed by atoms with van der Waals surface area (Å²) in [5, 5.41) is 0. The van der Waals surface area contributed by atoms with Crippen LogP contribution in [0.25, 0.3) is 0 Å². The van der Waals surface area contributed by atoms with Crippen LogP contribution in [0.15, 0.2) is 30.3 Å². The molecule has 0 N–H and O–H groups in total. The summed E-state index contributed by atoms with van der Waals surface area (Å²) in [5.41, 5.74) is 0.794. The minimum atomic E-state index is -3.60. The highest BCUT2D eigenvalue weighted by molar-refractivity contribution is 7.54. The fraction of sp³-hybridized carbons (Fsp3) is 0.500. The van der Waals surface area contributed by atoms with Crippen LogP contribution in [0.5, 0.6) is 0 Å². The molecule has 1 aliphatic rings. The van der Waals surface area contributed by atoms with Gasteiger partial charge in [0.25, 0.3) is 0 Å². The molecule has 1 amide bonds. The Morgan fingerprint density at radius 3 is 2.32 bits per heavy atom. The Kier molecular flexibility index (Phi) is 6.58. The van der Waals surface area contributed by atoms with Crippen molar-refractivity contribution in [1.82, 2.24) is 4.90 Å². The number of esters is 1.